The fourth-order valence-electron chi connectivity index (χ4n) is 1.54. The number of amides is 1. The number of hydrogen-bond acceptors (Lipinski definition) is 3. The van der Waals surface area contributed by atoms with Crippen molar-refractivity contribution >= 4 is 17.7 Å². The van der Waals surface area contributed by atoms with Gasteiger partial charge in [-0.1, -0.05) is 19.1 Å². The smallest absolute Gasteiger partial charge is 0.232 e. The van der Waals surface area contributed by atoms with Crippen LogP contribution in [0, 0.1) is 0 Å². The van der Waals surface area contributed by atoms with Gasteiger partial charge in [-0.25, -0.2) is 0 Å². The van der Waals surface area contributed by atoms with Crippen molar-refractivity contribution in [2.24, 2.45) is 0 Å². The van der Waals surface area contributed by atoms with E-state index < -0.39 is 0 Å². The van der Waals surface area contributed by atoms with Crippen molar-refractivity contribution in [3.63, 3.8) is 0 Å². The van der Waals surface area contributed by atoms with Gasteiger partial charge < -0.3 is 10.2 Å². The number of benzene rings is 1. The molecule has 0 saturated heterocycles. The van der Waals surface area contributed by atoms with Crippen LogP contribution < -0.4 is 5.32 Å². The Labute approximate surface area is 120 Å². The Bertz CT molecular complexity index is 378. The fraction of sp³-hybridized carbons (Fsp3) is 0.533. The van der Waals surface area contributed by atoms with Gasteiger partial charge in [0.25, 0.3) is 0 Å². The van der Waals surface area contributed by atoms with Crippen LogP contribution in [0.3, 0.4) is 0 Å². The van der Waals surface area contributed by atoms with Crippen molar-refractivity contribution in [1.29, 1.82) is 0 Å². The molecule has 0 spiro atoms. The molecule has 106 valence electrons. The van der Waals surface area contributed by atoms with Gasteiger partial charge in [0.1, 0.15) is 0 Å². The Kier molecular flexibility index (Phi) is 7.60. The van der Waals surface area contributed by atoms with Gasteiger partial charge in [0, 0.05) is 25.0 Å². The van der Waals surface area contributed by atoms with E-state index in [-0.39, 0.29) is 5.91 Å². The molecule has 1 amide bonds. The van der Waals surface area contributed by atoms with Crippen LogP contribution in [0.2, 0.25) is 0 Å². The molecular weight excluding hydrogens is 256 g/mol. The van der Waals surface area contributed by atoms with E-state index >= 15 is 0 Å². The van der Waals surface area contributed by atoms with Crippen LogP contribution in [-0.4, -0.2) is 36.7 Å². The predicted octanol–water partition coefficient (Wildman–Crippen LogP) is 2.76. The summed E-state index contributed by atoms with van der Waals surface area (Å²) < 4.78 is 0. The fourth-order valence-corrected chi connectivity index (χ4v) is 2.38. The molecule has 19 heavy (non-hydrogen) atoms. The molecule has 4 heteroatoms. The Morgan fingerprint density at radius 3 is 2.53 bits per heavy atom. The van der Waals surface area contributed by atoms with Gasteiger partial charge >= 0.3 is 0 Å². The molecule has 0 aliphatic rings. The highest BCUT2D eigenvalue weighted by molar-refractivity contribution is 8.00. The minimum atomic E-state index is 0.182. The Morgan fingerprint density at radius 1 is 1.26 bits per heavy atom. The highest BCUT2D eigenvalue weighted by Crippen LogP contribution is 2.18. The standard InChI is InChI=1S/C15H24N2OS/c1-4-10-16-11-13-6-8-14(9-7-13)19-12-15(18)17(3)5-2/h6-9,16H,4-5,10-12H2,1-3H3. The molecular formula is C15H24N2OS. The summed E-state index contributed by atoms with van der Waals surface area (Å²) in [4.78, 5) is 14.6. The van der Waals surface area contributed by atoms with Crippen molar-refractivity contribution in [1.82, 2.24) is 10.2 Å². The van der Waals surface area contributed by atoms with Crippen molar-refractivity contribution in [3.05, 3.63) is 29.8 Å². The monoisotopic (exact) mass is 280 g/mol. The third-order valence-corrected chi connectivity index (χ3v) is 3.94. The van der Waals surface area contributed by atoms with E-state index in [1.54, 1.807) is 16.7 Å². The average molecular weight is 280 g/mol. The van der Waals surface area contributed by atoms with Gasteiger partial charge in [0.2, 0.25) is 5.91 Å². The molecule has 3 nitrogen and oxygen atoms in total. The second kappa shape index (κ2) is 8.99. The van der Waals surface area contributed by atoms with Gasteiger partial charge in [-0.2, -0.15) is 0 Å². The van der Waals surface area contributed by atoms with Crippen LogP contribution in [0.25, 0.3) is 0 Å². The summed E-state index contributed by atoms with van der Waals surface area (Å²) in [6, 6.07) is 8.43. The second-order valence-electron chi connectivity index (χ2n) is 4.52. The summed E-state index contributed by atoms with van der Waals surface area (Å²) in [6.45, 7) is 6.88. The Balaban J connectivity index is 2.37. The molecule has 0 aliphatic carbocycles. The summed E-state index contributed by atoms with van der Waals surface area (Å²) in [5, 5.41) is 3.38. The number of thioether (sulfide) groups is 1. The van der Waals surface area contributed by atoms with Crippen LogP contribution in [0.1, 0.15) is 25.8 Å². The molecule has 0 heterocycles. The van der Waals surface area contributed by atoms with Gasteiger partial charge in [-0.15, -0.1) is 11.8 Å². The van der Waals surface area contributed by atoms with E-state index in [1.807, 2.05) is 14.0 Å². The molecule has 1 aromatic rings. The van der Waals surface area contributed by atoms with Gasteiger partial charge in [-0.05, 0) is 37.6 Å². The van der Waals surface area contributed by atoms with Gasteiger partial charge in [0.05, 0.1) is 5.75 Å². The van der Waals surface area contributed by atoms with Crippen LogP contribution in [0.15, 0.2) is 29.2 Å². The summed E-state index contributed by atoms with van der Waals surface area (Å²) in [5.74, 6) is 0.693. The zero-order valence-electron chi connectivity index (χ0n) is 12.1. The molecule has 0 aromatic heterocycles. The van der Waals surface area contributed by atoms with E-state index in [9.17, 15) is 4.79 Å². The molecule has 0 atom stereocenters. The molecule has 1 aromatic carbocycles. The van der Waals surface area contributed by atoms with Crippen LogP contribution in [-0.2, 0) is 11.3 Å². The third kappa shape index (κ3) is 6.12. The first-order valence-corrected chi connectivity index (χ1v) is 7.82. The van der Waals surface area contributed by atoms with Crippen molar-refractivity contribution < 1.29 is 4.79 Å². The number of carbonyl (C=O) groups is 1. The van der Waals surface area contributed by atoms with Gasteiger partial charge in [0.15, 0.2) is 0 Å². The minimum Gasteiger partial charge on any atom is -0.345 e. The summed E-state index contributed by atoms with van der Waals surface area (Å²) in [7, 11) is 1.84. The first-order chi connectivity index (χ1) is 9.17. The average Bonchev–Trinajstić information content (AvgIpc) is 2.45. The topological polar surface area (TPSA) is 32.3 Å². The largest absolute Gasteiger partial charge is 0.345 e. The van der Waals surface area contributed by atoms with E-state index in [0.29, 0.717) is 5.75 Å². The lowest BCUT2D eigenvalue weighted by Gasteiger charge is -2.13. The summed E-state index contributed by atoms with van der Waals surface area (Å²) >= 11 is 1.60. The lowest BCUT2D eigenvalue weighted by Crippen LogP contribution is -2.27. The van der Waals surface area contributed by atoms with Crippen LogP contribution >= 0.6 is 11.8 Å². The predicted molar refractivity (Wildman–Crippen MR) is 82.5 cm³/mol. The van der Waals surface area contributed by atoms with Gasteiger partial charge in [-0.3, -0.25) is 4.79 Å². The first kappa shape index (κ1) is 16.1. The van der Waals surface area contributed by atoms with E-state index in [2.05, 4.69) is 36.5 Å². The molecule has 1 N–H and O–H groups in total. The number of rotatable bonds is 8. The summed E-state index contributed by atoms with van der Waals surface area (Å²) in [5.41, 5.74) is 1.29. The minimum absolute atomic E-state index is 0.182. The highest BCUT2D eigenvalue weighted by atomic mass is 32.2. The van der Waals surface area contributed by atoms with Crippen molar-refractivity contribution in [2.75, 3.05) is 25.9 Å². The number of hydrogen-bond donors (Lipinski definition) is 1. The van der Waals surface area contributed by atoms with Crippen molar-refractivity contribution in [2.45, 2.75) is 31.7 Å². The maximum absolute atomic E-state index is 11.7. The van der Waals surface area contributed by atoms with Crippen LogP contribution in [0.4, 0.5) is 0 Å². The lowest BCUT2D eigenvalue weighted by atomic mass is 10.2. The Hall–Kier alpha value is -1.00. The van der Waals surface area contributed by atoms with Crippen molar-refractivity contribution in [3.8, 4) is 0 Å². The maximum Gasteiger partial charge on any atom is 0.232 e. The first-order valence-electron chi connectivity index (χ1n) is 6.83. The molecule has 0 aliphatic heterocycles. The number of carbonyl (C=O) groups excluding carboxylic acids is 1. The Morgan fingerprint density at radius 2 is 1.95 bits per heavy atom. The normalized spacial score (nSPS) is 10.5. The zero-order valence-corrected chi connectivity index (χ0v) is 12.9. The van der Waals surface area contributed by atoms with E-state index in [4.69, 9.17) is 0 Å². The molecule has 0 bridgehead atoms. The zero-order chi connectivity index (χ0) is 14.1. The molecule has 0 radical (unpaired) electrons. The molecule has 0 fully saturated rings. The lowest BCUT2D eigenvalue weighted by molar-refractivity contribution is -0.126. The quantitative estimate of drug-likeness (QED) is 0.587. The summed E-state index contributed by atoms with van der Waals surface area (Å²) in [6.07, 6.45) is 1.15. The third-order valence-electron chi connectivity index (χ3n) is 2.94. The molecule has 0 saturated carbocycles. The SMILES string of the molecule is CCCNCc1ccc(SCC(=O)N(C)CC)cc1. The van der Waals surface area contributed by atoms with E-state index in [1.165, 1.54) is 5.56 Å². The number of nitrogens with one attached hydrogen (secondary N) is 1. The van der Waals surface area contributed by atoms with Crippen LogP contribution in [0.5, 0.6) is 0 Å². The number of nitrogens with zero attached hydrogens (tertiary/aromatic N) is 1. The maximum atomic E-state index is 11.7. The molecule has 1 rings (SSSR count). The van der Waals surface area contributed by atoms with E-state index in [0.717, 1.165) is 31.0 Å². The molecule has 0 unspecified atom stereocenters. The second-order valence-corrected chi connectivity index (χ2v) is 5.57. The highest BCUT2D eigenvalue weighted by Gasteiger charge is 2.06.